The number of hydrogen-bond acceptors (Lipinski definition) is 4. The summed E-state index contributed by atoms with van der Waals surface area (Å²) in [5.41, 5.74) is 0.447. The number of carbonyl (C=O) groups excluding carboxylic acids is 1. The third-order valence-corrected chi connectivity index (χ3v) is 19.7. The van der Waals surface area contributed by atoms with Gasteiger partial charge in [-0.3, -0.25) is 0 Å². The molecular formula is C27H46O4Si3. The smallest absolute Gasteiger partial charge is 0.348 e. The minimum Gasteiger partial charge on any atom is -0.462 e. The second-order valence-corrected chi connectivity index (χ2v) is 24.2. The average Bonchev–Trinajstić information content (AvgIpc) is 3.38. The number of rotatable bonds is 13. The van der Waals surface area contributed by atoms with Crippen LogP contribution < -0.4 is 5.19 Å². The van der Waals surface area contributed by atoms with Crippen molar-refractivity contribution >= 4 is 36.4 Å². The lowest BCUT2D eigenvalue weighted by molar-refractivity contribution is -0.138. The Bertz CT molecular complexity index is 842. The molecule has 3 rings (SSSR count). The highest BCUT2D eigenvalue weighted by atomic mass is 28.5. The van der Waals surface area contributed by atoms with Gasteiger partial charge < -0.3 is 13.0 Å². The van der Waals surface area contributed by atoms with E-state index in [1.165, 1.54) is 43.3 Å². The fraction of sp³-hybridized carbons (Fsp3) is 0.667. The minimum absolute atomic E-state index is 0.310. The second-order valence-electron chi connectivity index (χ2n) is 12.0. The zero-order chi connectivity index (χ0) is 25.0. The van der Waals surface area contributed by atoms with Gasteiger partial charge in [-0.25, -0.2) is 4.79 Å². The maximum absolute atomic E-state index is 11.7. The van der Waals surface area contributed by atoms with Crippen molar-refractivity contribution < 1.29 is 17.8 Å². The lowest BCUT2D eigenvalue weighted by Gasteiger charge is -2.41. The van der Waals surface area contributed by atoms with Crippen molar-refractivity contribution in [2.75, 3.05) is 6.61 Å². The molecule has 0 radical (unpaired) electrons. The van der Waals surface area contributed by atoms with Gasteiger partial charge in [0.05, 0.1) is 6.61 Å². The van der Waals surface area contributed by atoms with Crippen LogP contribution in [-0.4, -0.2) is 37.8 Å². The fourth-order valence-electron chi connectivity index (χ4n) is 6.09. The standard InChI is InChI=1S/C27H46O4Si3/c1-22(2)27(28)29-17-11-18-32(3,4)30-34(7,26-12-9-8-10-13-26)31-33(5,6)19-16-25-21-23-14-15-24(25)20-23/h8-10,12-13,23-25H,1,11,14-21H2,2-7H3. The molecule has 0 aromatic heterocycles. The number of hydrogen-bond donors (Lipinski definition) is 0. The molecule has 190 valence electrons. The van der Waals surface area contributed by atoms with Crippen LogP contribution >= 0.6 is 0 Å². The summed E-state index contributed by atoms with van der Waals surface area (Å²) >= 11 is 0. The molecule has 1 aromatic rings. The maximum atomic E-state index is 11.7. The number of carbonyl (C=O) groups is 1. The van der Waals surface area contributed by atoms with Crippen LogP contribution in [-0.2, 0) is 17.8 Å². The van der Waals surface area contributed by atoms with Crippen LogP contribution in [0.5, 0.6) is 0 Å². The minimum atomic E-state index is -2.59. The Morgan fingerprint density at radius 1 is 0.971 bits per heavy atom. The van der Waals surface area contributed by atoms with Crippen LogP contribution in [0.4, 0.5) is 0 Å². The largest absolute Gasteiger partial charge is 0.462 e. The van der Waals surface area contributed by atoms with E-state index in [-0.39, 0.29) is 5.97 Å². The van der Waals surface area contributed by atoms with Crippen molar-refractivity contribution in [2.45, 2.75) is 90.3 Å². The van der Waals surface area contributed by atoms with Crippen molar-refractivity contribution in [3.63, 3.8) is 0 Å². The van der Waals surface area contributed by atoms with Gasteiger partial charge in [0, 0.05) is 5.57 Å². The Hall–Kier alpha value is -0.999. The summed E-state index contributed by atoms with van der Waals surface area (Å²) in [6.07, 6.45) is 8.00. The molecule has 2 bridgehead atoms. The first-order valence-electron chi connectivity index (χ1n) is 13.2. The highest BCUT2D eigenvalue weighted by Gasteiger charge is 2.46. The maximum Gasteiger partial charge on any atom is 0.348 e. The number of benzene rings is 1. The molecule has 2 fully saturated rings. The zero-order valence-corrected chi connectivity index (χ0v) is 25.3. The highest BCUT2D eigenvalue weighted by molar-refractivity contribution is 6.94. The lowest BCUT2D eigenvalue weighted by atomic mass is 9.87. The van der Waals surface area contributed by atoms with Crippen molar-refractivity contribution in [3.8, 4) is 0 Å². The quantitative estimate of drug-likeness (QED) is 0.125. The molecule has 0 N–H and O–H groups in total. The van der Waals surface area contributed by atoms with Gasteiger partial charge in [-0.05, 0) is 100 Å². The van der Waals surface area contributed by atoms with Gasteiger partial charge >= 0.3 is 14.5 Å². The van der Waals surface area contributed by atoms with Crippen LogP contribution in [0.15, 0.2) is 42.5 Å². The van der Waals surface area contributed by atoms with Crippen molar-refractivity contribution in [1.82, 2.24) is 0 Å². The van der Waals surface area contributed by atoms with Crippen LogP contribution in [0.25, 0.3) is 0 Å². The van der Waals surface area contributed by atoms with Crippen LogP contribution in [0.1, 0.15) is 45.4 Å². The van der Waals surface area contributed by atoms with Gasteiger partial charge in [0.25, 0.3) is 0 Å². The first-order valence-corrected chi connectivity index (χ1v) is 21.7. The molecule has 2 saturated carbocycles. The van der Waals surface area contributed by atoms with E-state index in [4.69, 9.17) is 13.0 Å². The molecule has 0 amide bonds. The summed E-state index contributed by atoms with van der Waals surface area (Å²) in [5.74, 6) is 2.60. The molecule has 0 spiro atoms. The fourth-order valence-corrected chi connectivity index (χ4v) is 19.7. The SMILES string of the molecule is C=C(C)C(=O)OCCC[Si](C)(C)O[Si](C)(O[Si](C)(C)CCC1CC2CCC1C2)c1ccccc1. The molecule has 4 atom stereocenters. The molecule has 34 heavy (non-hydrogen) atoms. The molecule has 1 aromatic carbocycles. The van der Waals surface area contributed by atoms with E-state index in [9.17, 15) is 4.79 Å². The molecule has 2 aliphatic rings. The van der Waals surface area contributed by atoms with Crippen molar-refractivity contribution in [3.05, 3.63) is 42.5 Å². The van der Waals surface area contributed by atoms with Gasteiger partial charge in [0.1, 0.15) is 0 Å². The first kappa shape index (κ1) is 27.6. The predicted octanol–water partition coefficient (Wildman–Crippen LogP) is 6.74. The summed E-state index contributed by atoms with van der Waals surface area (Å²) in [6.45, 7) is 17.3. The highest BCUT2D eigenvalue weighted by Crippen LogP contribution is 2.50. The molecule has 4 nitrogen and oxygen atoms in total. The second kappa shape index (κ2) is 11.4. The van der Waals surface area contributed by atoms with Crippen LogP contribution in [0.2, 0.25) is 44.8 Å². The predicted molar refractivity (Wildman–Crippen MR) is 148 cm³/mol. The Labute approximate surface area is 211 Å². The van der Waals surface area contributed by atoms with Gasteiger partial charge in [0.15, 0.2) is 16.6 Å². The summed E-state index contributed by atoms with van der Waals surface area (Å²) in [4.78, 5) is 11.7. The molecule has 4 unspecified atom stereocenters. The summed E-state index contributed by atoms with van der Waals surface area (Å²) in [5, 5.41) is 1.23. The number of fused-ring (bicyclic) bond motifs is 2. The molecule has 0 saturated heterocycles. The average molecular weight is 519 g/mol. The first-order chi connectivity index (χ1) is 15.9. The van der Waals surface area contributed by atoms with E-state index in [1.54, 1.807) is 6.92 Å². The van der Waals surface area contributed by atoms with Crippen LogP contribution in [0, 0.1) is 17.8 Å². The van der Waals surface area contributed by atoms with Crippen molar-refractivity contribution in [1.29, 1.82) is 0 Å². The van der Waals surface area contributed by atoms with E-state index in [2.05, 4.69) is 69.6 Å². The molecule has 2 aliphatic carbocycles. The third-order valence-electron chi connectivity index (χ3n) is 7.75. The Kier molecular flexibility index (Phi) is 9.23. The van der Waals surface area contributed by atoms with Gasteiger partial charge in [0.2, 0.25) is 0 Å². The van der Waals surface area contributed by atoms with E-state index in [0.717, 1.165) is 30.2 Å². The van der Waals surface area contributed by atoms with E-state index in [1.807, 2.05) is 0 Å². The Morgan fingerprint density at radius 3 is 2.18 bits per heavy atom. The summed E-state index contributed by atoms with van der Waals surface area (Å²) in [7, 11) is -6.52. The van der Waals surface area contributed by atoms with Gasteiger partial charge in [-0.1, -0.05) is 49.8 Å². The van der Waals surface area contributed by atoms with E-state index >= 15 is 0 Å². The summed E-state index contributed by atoms with van der Waals surface area (Å²) < 4.78 is 19.5. The van der Waals surface area contributed by atoms with Crippen molar-refractivity contribution in [2.24, 2.45) is 17.8 Å². The third kappa shape index (κ3) is 7.75. The van der Waals surface area contributed by atoms with Gasteiger partial charge in [-0.2, -0.15) is 0 Å². The van der Waals surface area contributed by atoms with E-state index < -0.39 is 25.2 Å². The lowest BCUT2D eigenvalue weighted by Crippen LogP contribution is -2.61. The van der Waals surface area contributed by atoms with Crippen LogP contribution in [0.3, 0.4) is 0 Å². The Balaban J connectivity index is 1.62. The molecule has 7 heteroatoms. The van der Waals surface area contributed by atoms with Gasteiger partial charge in [-0.15, -0.1) is 0 Å². The monoisotopic (exact) mass is 518 g/mol. The molecule has 0 heterocycles. The topological polar surface area (TPSA) is 44.8 Å². The van der Waals surface area contributed by atoms with E-state index in [0.29, 0.717) is 12.2 Å². The molecule has 0 aliphatic heterocycles. The normalized spacial score (nSPS) is 24.1. The number of ether oxygens (including phenoxy) is 1. The Morgan fingerprint density at radius 2 is 1.62 bits per heavy atom. The number of esters is 1. The zero-order valence-electron chi connectivity index (χ0n) is 22.3. The molecular weight excluding hydrogens is 473 g/mol. The summed E-state index contributed by atoms with van der Waals surface area (Å²) in [6, 6.07) is 12.8.